The summed E-state index contributed by atoms with van der Waals surface area (Å²) in [6.07, 6.45) is 2.02. The number of aryl methyl sites for hydroxylation is 3. The third-order valence-corrected chi connectivity index (χ3v) is 3.25. The SMILES string of the molecule is Cc1cccc(C)c1N=c1sccn1C. The van der Waals surface area contributed by atoms with Crippen molar-refractivity contribution in [1.82, 2.24) is 4.57 Å². The Morgan fingerprint density at radius 3 is 2.40 bits per heavy atom. The summed E-state index contributed by atoms with van der Waals surface area (Å²) in [5, 5.41) is 2.05. The van der Waals surface area contributed by atoms with Crippen LogP contribution in [0.5, 0.6) is 0 Å². The van der Waals surface area contributed by atoms with Crippen molar-refractivity contribution in [1.29, 1.82) is 0 Å². The van der Waals surface area contributed by atoms with E-state index in [1.165, 1.54) is 11.1 Å². The first-order valence-electron chi connectivity index (χ1n) is 4.89. The van der Waals surface area contributed by atoms with E-state index in [0.29, 0.717) is 0 Å². The summed E-state index contributed by atoms with van der Waals surface area (Å²) in [5.74, 6) is 0. The van der Waals surface area contributed by atoms with Gasteiger partial charge >= 0.3 is 0 Å². The van der Waals surface area contributed by atoms with Gasteiger partial charge < -0.3 is 4.57 Å². The molecule has 2 rings (SSSR count). The van der Waals surface area contributed by atoms with Gasteiger partial charge in [0, 0.05) is 18.6 Å². The number of thiazole rings is 1. The summed E-state index contributed by atoms with van der Waals surface area (Å²) in [5.41, 5.74) is 3.54. The monoisotopic (exact) mass is 218 g/mol. The molecule has 0 bridgehead atoms. The number of hydrogen-bond donors (Lipinski definition) is 0. The van der Waals surface area contributed by atoms with Crippen LogP contribution in [0.25, 0.3) is 0 Å². The molecule has 78 valence electrons. The molecule has 0 aliphatic rings. The summed E-state index contributed by atoms with van der Waals surface area (Å²) in [4.78, 5) is 5.72. The molecular weight excluding hydrogens is 204 g/mol. The summed E-state index contributed by atoms with van der Waals surface area (Å²) in [7, 11) is 2.02. The summed E-state index contributed by atoms with van der Waals surface area (Å²) in [6, 6.07) is 6.26. The van der Waals surface area contributed by atoms with E-state index in [2.05, 4.69) is 37.0 Å². The standard InChI is InChI=1S/C12H14N2S/c1-9-5-4-6-10(2)11(9)13-12-14(3)7-8-15-12/h4-8H,1-3H3. The Balaban J connectivity index is 2.62. The van der Waals surface area contributed by atoms with Gasteiger partial charge in [-0.1, -0.05) is 18.2 Å². The fourth-order valence-electron chi connectivity index (χ4n) is 1.51. The molecule has 0 aliphatic carbocycles. The van der Waals surface area contributed by atoms with E-state index in [0.717, 1.165) is 10.5 Å². The maximum atomic E-state index is 4.68. The van der Waals surface area contributed by atoms with Crippen LogP contribution in [0.1, 0.15) is 11.1 Å². The lowest BCUT2D eigenvalue weighted by Crippen LogP contribution is -2.08. The lowest BCUT2D eigenvalue weighted by Gasteiger charge is -2.02. The predicted molar refractivity (Wildman–Crippen MR) is 64.4 cm³/mol. The topological polar surface area (TPSA) is 17.3 Å². The minimum atomic E-state index is 1.03. The highest BCUT2D eigenvalue weighted by Crippen LogP contribution is 2.22. The Morgan fingerprint density at radius 1 is 1.20 bits per heavy atom. The van der Waals surface area contributed by atoms with E-state index >= 15 is 0 Å². The average molecular weight is 218 g/mol. The molecule has 0 amide bonds. The molecule has 1 aromatic carbocycles. The number of benzene rings is 1. The molecule has 3 heteroatoms. The Hall–Kier alpha value is -1.35. The summed E-state index contributed by atoms with van der Waals surface area (Å²) < 4.78 is 2.04. The van der Waals surface area contributed by atoms with Crippen LogP contribution < -0.4 is 4.80 Å². The van der Waals surface area contributed by atoms with Crippen molar-refractivity contribution >= 4 is 17.0 Å². The fourth-order valence-corrected chi connectivity index (χ4v) is 2.25. The second-order valence-corrected chi connectivity index (χ2v) is 4.52. The van der Waals surface area contributed by atoms with E-state index in [1.807, 2.05) is 23.2 Å². The largest absolute Gasteiger partial charge is 0.327 e. The van der Waals surface area contributed by atoms with Crippen LogP contribution in [0.2, 0.25) is 0 Å². The van der Waals surface area contributed by atoms with Crippen LogP contribution in [-0.4, -0.2) is 4.57 Å². The van der Waals surface area contributed by atoms with Gasteiger partial charge in [0.1, 0.15) is 0 Å². The molecule has 15 heavy (non-hydrogen) atoms. The Labute approximate surface area is 93.5 Å². The lowest BCUT2D eigenvalue weighted by atomic mass is 10.1. The minimum Gasteiger partial charge on any atom is -0.327 e. The second kappa shape index (κ2) is 4.03. The van der Waals surface area contributed by atoms with Crippen LogP contribution in [0.15, 0.2) is 34.8 Å². The van der Waals surface area contributed by atoms with E-state index in [1.54, 1.807) is 11.3 Å². The molecule has 1 aromatic heterocycles. The molecule has 0 atom stereocenters. The number of para-hydroxylation sites is 1. The molecule has 1 heterocycles. The van der Waals surface area contributed by atoms with E-state index in [-0.39, 0.29) is 0 Å². The van der Waals surface area contributed by atoms with Crippen molar-refractivity contribution < 1.29 is 0 Å². The van der Waals surface area contributed by atoms with E-state index < -0.39 is 0 Å². The highest BCUT2D eigenvalue weighted by atomic mass is 32.1. The normalized spacial score (nSPS) is 12.1. The van der Waals surface area contributed by atoms with Crippen LogP contribution >= 0.6 is 11.3 Å². The first-order valence-corrected chi connectivity index (χ1v) is 5.77. The molecule has 2 aromatic rings. The first-order chi connectivity index (χ1) is 7.18. The molecule has 0 radical (unpaired) electrons. The van der Waals surface area contributed by atoms with Crippen molar-refractivity contribution in [2.24, 2.45) is 12.0 Å². The molecule has 0 saturated heterocycles. The number of hydrogen-bond acceptors (Lipinski definition) is 2. The summed E-state index contributed by atoms with van der Waals surface area (Å²) in [6.45, 7) is 4.19. The van der Waals surface area contributed by atoms with Crippen molar-refractivity contribution in [2.45, 2.75) is 13.8 Å². The van der Waals surface area contributed by atoms with Crippen LogP contribution in [0.4, 0.5) is 5.69 Å². The van der Waals surface area contributed by atoms with Gasteiger partial charge in [-0.15, -0.1) is 11.3 Å². The van der Waals surface area contributed by atoms with Crippen LogP contribution in [0.3, 0.4) is 0 Å². The van der Waals surface area contributed by atoms with Gasteiger partial charge in [-0.3, -0.25) is 0 Å². The van der Waals surface area contributed by atoms with E-state index in [4.69, 9.17) is 0 Å². The van der Waals surface area contributed by atoms with Gasteiger partial charge in [0.25, 0.3) is 0 Å². The molecule has 0 aliphatic heterocycles. The lowest BCUT2D eigenvalue weighted by molar-refractivity contribution is 0.873. The average Bonchev–Trinajstić information content (AvgIpc) is 2.58. The minimum absolute atomic E-state index is 1.03. The quantitative estimate of drug-likeness (QED) is 0.700. The highest BCUT2D eigenvalue weighted by molar-refractivity contribution is 7.07. The van der Waals surface area contributed by atoms with Crippen molar-refractivity contribution in [3.8, 4) is 0 Å². The zero-order chi connectivity index (χ0) is 10.8. The zero-order valence-electron chi connectivity index (χ0n) is 9.19. The van der Waals surface area contributed by atoms with Crippen molar-refractivity contribution in [2.75, 3.05) is 0 Å². The third-order valence-electron chi connectivity index (χ3n) is 2.41. The maximum Gasteiger partial charge on any atom is 0.189 e. The summed E-state index contributed by atoms with van der Waals surface area (Å²) >= 11 is 1.66. The number of nitrogens with zero attached hydrogens (tertiary/aromatic N) is 2. The highest BCUT2D eigenvalue weighted by Gasteiger charge is 1.99. The van der Waals surface area contributed by atoms with Crippen molar-refractivity contribution in [3.63, 3.8) is 0 Å². The van der Waals surface area contributed by atoms with Gasteiger partial charge in [-0.05, 0) is 25.0 Å². The Morgan fingerprint density at radius 2 is 1.87 bits per heavy atom. The predicted octanol–water partition coefficient (Wildman–Crippen LogP) is 2.94. The molecule has 0 saturated carbocycles. The smallest absolute Gasteiger partial charge is 0.189 e. The molecule has 0 unspecified atom stereocenters. The molecule has 0 N–H and O–H groups in total. The van der Waals surface area contributed by atoms with Gasteiger partial charge in [-0.25, -0.2) is 4.99 Å². The van der Waals surface area contributed by atoms with Gasteiger partial charge in [0.2, 0.25) is 0 Å². The molecule has 2 nitrogen and oxygen atoms in total. The Kier molecular flexibility index (Phi) is 2.73. The molecule has 0 fully saturated rings. The van der Waals surface area contributed by atoms with Gasteiger partial charge in [-0.2, -0.15) is 0 Å². The van der Waals surface area contributed by atoms with E-state index in [9.17, 15) is 0 Å². The third kappa shape index (κ3) is 2.02. The van der Waals surface area contributed by atoms with Gasteiger partial charge in [0.15, 0.2) is 4.80 Å². The fraction of sp³-hybridized carbons (Fsp3) is 0.250. The number of rotatable bonds is 1. The van der Waals surface area contributed by atoms with Crippen LogP contribution in [-0.2, 0) is 7.05 Å². The Bertz CT molecular complexity index is 514. The molecular formula is C12H14N2S. The molecule has 0 spiro atoms. The van der Waals surface area contributed by atoms with Gasteiger partial charge in [0.05, 0.1) is 5.69 Å². The van der Waals surface area contributed by atoms with Crippen molar-refractivity contribution in [3.05, 3.63) is 45.7 Å². The van der Waals surface area contributed by atoms with Crippen LogP contribution in [0, 0.1) is 13.8 Å². The first kappa shape index (κ1) is 10.2. The second-order valence-electron chi connectivity index (χ2n) is 3.65. The zero-order valence-corrected chi connectivity index (χ0v) is 10.0. The number of aromatic nitrogens is 1. The maximum absolute atomic E-state index is 4.68.